The summed E-state index contributed by atoms with van der Waals surface area (Å²) in [5.74, 6) is -0.487. The highest BCUT2D eigenvalue weighted by Crippen LogP contribution is 2.16. The van der Waals surface area contributed by atoms with Crippen molar-refractivity contribution in [2.24, 2.45) is 0 Å². The maximum Gasteiger partial charge on any atom is 0.251 e. The summed E-state index contributed by atoms with van der Waals surface area (Å²) in [6, 6.07) is 5.25. The number of carbonyl (C=O) groups is 1. The van der Waals surface area contributed by atoms with E-state index in [1.54, 1.807) is 0 Å². The fourth-order valence-electron chi connectivity index (χ4n) is 2.19. The fraction of sp³-hybridized carbons (Fsp3) is 0.462. The van der Waals surface area contributed by atoms with Crippen molar-refractivity contribution >= 4 is 25.8 Å². The van der Waals surface area contributed by atoms with E-state index in [4.69, 9.17) is 0 Å². The first-order valence-corrected chi connectivity index (χ1v) is 9.92. The Morgan fingerprint density at radius 3 is 2.55 bits per heavy atom. The zero-order valence-electron chi connectivity index (χ0n) is 12.3. The van der Waals surface area contributed by atoms with Crippen LogP contribution in [0.25, 0.3) is 0 Å². The molecule has 1 atom stereocenters. The number of hydrogen-bond acceptors (Lipinski definition) is 5. The molecular formula is C13H18N2O5S2. The number of carbonyl (C=O) groups excluding carboxylic acids is 1. The lowest BCUT2D eigenvalue weighted by molar-refractivity contribution is 0.0941. The van der Waals surface area contributed by atoms with Gasteiger partial charge in [-0.25, -0.2) is 21.1 Å². The van der Waals surface area contributed by atoms with E-state index in [0.717, 1.165) is 4.31 Å². The Bertz CT molecular complexity index is 784. The Balaban J connectivity index is 2.18. The molecule has 0 spiro atoms. The molecular weight excluding hydrogens is 328 g/mol. The number of benzene rings is 1. The monoisotopic (exact) mass is 346 g/mol. The van der Waals surface area contributed by atoms with E-state index in [1.165, 1.54) is 38.4 Å². The molecule has 9 heteroatoms. The molecule has 2 rings (SSSR count). The van der Waals surface area contributed by atoms with E-state index in [9.17, 15) is 21.6 Å². The van der Waals surface area contributed by atoms with Gasteiger partial charge in [-0.2, -0.15) is 0 Å². The first kappa shape index (κ1) is 16.9. The van der Waals surface area contributed by atoms with Gasteiger partial charge < -0.3 is 5.32 Å². The van der Waals surface area contributed by atoms with E-state index in [0.29, 0.717) is 6.42 Å². The second kappa shape index (κ2) is 5.98. The summed E-state index contributed by atoms with van der Waals surface area (Å²) in [4.78, 5) is 12.2. The van der Waals surface area contributed by atoms with Gasteiger partial charge in [0.05, 0.1) is 16.4 Å². The minimum absolute atomic E-state index is 0.0178. The predicted octanol–water partition coefficient (Wildman–Crippen LogP) is -0.146. The quantitative estimate of drug-likeness (QED) is 0.817. The molecule has 0 bridgehead atoms. The summed E-state index contributed by atoms with van der Waals surface area (Å²) in [5, 5.41) is 2.63. The highest BCUT2D eigenvalue weighted by Gasteiger charge is 2.29. The maximum absolute atomic E-state index is 12.1. The molecule has 7 nitrogen and oxygen atoms in total. The van der Waals surface area contributed by atoms with Crippen molar-refractivity contribution in [3.05, 3.63) is 29.8 Å². The average molecular weight is 346 g/mol. The Morgan fingerprint density at radius 2 is 2.00 bits per heavy atom. The maximum atomic E-state index is 12.1. The van der Waals surface area contributed by atoms with Gasteiger partial charge in [-0.05, 0) is 24.6 Å². The van der Waals surface area contributed by atoms with Crippen LogP contribution in [-0.4, -0.2) is 58.7 Å². The Hall–Kier alpha value is -1.45. The third kappa shape index (κ3) is 3.65. The minimum atomic E-state index is -3.62. The summed E-state index contributed by atoms with van der Waals surface area (Å²) in [6.07, 6.45) is 0.379. The van der Waals surface area contributed by atoms with Crippen molar-refractivity contribution in [3.8, 4) is 0 Å². The van der Waals surface area contributed by atoms with Crippen LogP contribution in [0, 0.1) is 0 Å². The van der Waals surface area contributed by atoms with Crippen molar-refractivity contribution in [3.63, 3.8) is 0 Å². The number of sulfone groups is 1. The molecule has 1 aromatic rings. The number of sulfonamides is 1. The molecule has 1 N–H and O–H groups in total. The van der Waals surface area contributed by atoms with Gasteiger partial charge in [-0.3, -0.25) is 4.79 Å². The normalized spacial score (nSPS) is 21.0. The van der Waals surface area contributed by atoms with E-state index in [-0.39, 0.29) is 22.0 Å². The van der Waals surface area contributed by atoms with Crippen molar-refractivity contribution < 1.29 is 21.6 Å². The first-order valence-electron chi connectivity index (χ1n) is 6.66. The second-order valence-corrected chi connectivity index (χ2v) is 9.77. The largest absolute Gasteiger partial charge is 0.348 e. The minimum Gasteiger partial charge on any atom is -0.348 e. The van der Waals surface area contributed by atoms with E-state index in [1.807, 2.05) is 0 Å². The average Bonchev–Trinajstić information content (AvgIpc) is 2.77. The van der Waals surface area contributed by atoms with Crippen LogP contribution < -0.4 is 5.32 Å². The number of nitrogens with one attached hydrogen (secondary N) is 1. The zero-order valence-corrected chi connectivity index (χ0v) is 13.9. The van der Waals surface area contributed by atoms with Crippen LogP contribution in [0.1, 0.15) is 16.8 Å². The Labute approximate surface area is 130 Å². The van der Waals surface area contributed by atoms with E-state index >= 15 is 0 Å². The molecule has 122 valence electrons. The lowest BCUT2D eigenvalue weighted by atomic mass is 10.2. The van der Waals surface area contributed by atoms with Crippen molar-refractivity contribution in [1.29, 1.82) is 0 Å². The smallest absolute Gasteiger partial charge is 0.251 e. The molecule has 0 aliphatic carbocycles. The van der Waals surface area contributed by atoms with Crippen molar-refractivity contribution in [2.45, 2.75) is 17.4 Å². The molecule has 0 saturated carbocycles. The molecule has 1 fully saturated rings. The van der Waals surface area contributed by atoms with Gasteiger partial charge >= 0.3 is 0 Å². The first-order chi connectivity index (χ1) is 10.1. The lowest BCUT2D eigenvalue weighted by Gasteiger charge is -2.14. The second-order valence-electron chi connectivity index (χ2n) is 5.39. The molecule has 1 aliphatic heterocycles. The lowest BCUT2D eigenvalue weighted by Crippen LogP contribution is -2.35. The van der Waals surface area contributed by atoms with Crippen LogP contribution in [-0.2, 0) is 19.9 Å². The van der Waals surface area contributed by atoms with Crippen LogP contribution in [0.15, 0.2) is 29.2 Å². The SMILES string of the molecule is CN(C)S(=O)(=O)c1cccc(C(=O)NC2CCS(=O)(=O)C2)c1. The summed E-state index contributed by atoms with van der Waals surface area (Å²) >= 11 is 0. The fourth-order valence-corrected chi connectivity index (χ4v) is 4.81. The van der Waals surface area contributed by atoms with Gasteiger partial charge in [0.25, 0.3) is 5.91 Å². The van der Waals surface area contributed by atoms with Crippen LogP contribution >= 0.6 is 0 Å². The number of rotatable bonds is 4. The topological polar surface area (TPSA) is 101 Å². The van der Waals surface area contributed by atoms with E-state index in [2.05, 4.69) is 5.32 Å². The highest BCUT2D eigenvalue weighted by atomic mass is 32.2. The van der Waals surface area contributed by atoms with Crippen LogP contribution in [0.4, 0.5) is 0 Å². The molecule has 1 saturated heterocycles. The van der Waals surface area contributed by atoms with Gasteiger partial charge in [0.2, 0.25) is 10.0 Å². The summed E-state index contributed by atoms with van der Waals surface area (Å²) < 4.78 is 47.9. The molecule has 0 radical (unpaired) electrons. The summed E-state index contributed by atoms with van der Waals surface area (Å²) in [7, 11) is -3.89. The van der Waals surface area contributed by atoms with Gasteiger partial charge in [0, 0.05) is 25.7 Å². The zero-order chi connectivity index (χ0) is 16.5. The van der Waals surface area contributed by atoms with Crippen LogP contribution in [0.3, 0.4) is 0 Å². The molecule has 1 aliphatic rings. The third-order valence-electron chi connectivity index (χ3n) is 3.44. The van der Waals surface area contributed by atoms with Gasteiger partial charge in [-0.1, -0.05) is 6.07 Å². The summed E-state index contributed by atoms with van der Waals surface area (Å²) in [5.41, 5.74) is 0.187. The van der Waals surface area contributed by atoms with Crippen LogP contribution in [0.2, 0.25) is 0 Å². The van der Waals surface area contributed by atoms with Gasteiger partial charge in [-0.15, -0.1) is 0 Å². The molecule has 1 amide bonds. The van der Waals surface area contributed by atoms with E-state index < -0.39 is 31.8 Å². The number of amides is 1. The molecule has 1 aromatic carbocycles. The molecule has 1 heterocycles. The third-order valence-corrected chi connectivity index (χ3v) is 7.02. The Kier molecular flexibility index (Phi) is 4.59. The number of hydrogen-bond donors (Lipinski definition) is 1. The Morgan fingerprint density at radius 1 is 1.32 bits per heavy atom. The van der Waals surface area contributed by atoms with Crippen LogP contribution in [0.5, 0.6) is 0 Å². The summed E-state index contributed by atoms with van der Waals surface area (Å²) in [6.45, 7) is 0. The van der Waals surface area contributed by atoms with Gasteiger partial charge in [0.15, 0.2) is 9.84 Å². The molecule has 22 heavy (non-hydrogen) atoms. The standard InChI is InChI=1S/C13H18N2O5S2/c1-15(2)22(19,20)12-5-3-4-10(8-12)13(16)14-11-6-7-21(17,18)9-11/h3-5,8,11H,6-7,9H2,1-2H3,(H,14,16). The van der Waals surface area contributed by atoms with Gasteiger partial charge in [0.1, 0.15) is 0 Å². The molecule has 1 unspecified atom stereocenters. The van der Waals surface area contributed by atoms with Crippen molar-refractivity contribution in [1.82, 2.24) is 9.62 Å². The van der Waals surface area contributed by atoms with Crippen molar-refractivity contribution in [2.75, 3.05) is 25.6 Å². The highest BCUT2D eigenvalue weighted by molar-refractivity contribution is 7.91. The number of nitrogens with zero attached hydrogens (tertiary/aromatic N) is 1. The predicted molar refractivity (Wildman–Crippen MR) is 81.8 cm³/mol. The molecule has 0 aromatic heterocycles.